The molecule has 0 bridgehead atoms. The van der Waals surface area contributed by atoms with Gasteiger partial charge in [-0.05, 0) is 19.1 Å². The molecule has 2 rings (SSSR count). The molecular weight excluding hydrogens is 414 g/mol. The number of ether oxygens (including phenoxy) is 4. The van der Waals surface area contributed by atoms with Crippen LogP contribution in [0.1, 0.15) is 6.92 Å². The second-order valence-electron chi connectivity index (χ2n) is 5.94. The van der Waals surface area contributed by atoms with Gasteiger partial charge < -0.3 is 24.3 Å². The second-order valence-corrected chi connectivity index (χ2v) is 6.35. The minimum Gasteiger partial charge on any atom is -0.497 e. The topological polar surface area (TPSA) is 108 Å². The lowest BCUT2D eigenvalue weighted by Gasteiger charge is -2.14. The molecule has 30 heavy (non-hydrogen) atoms. The minimum absolute atomic E-state index is 0.206. The van der Waals surface area contributed by atoms with Gasteiger partial charge in [0.15, 0.2) is 17.3 Å². The molecule has 0 saturated heterocycles. The third-order valence-corrected chi connectivity index (χ3v) is 4.35. The summed E-state index contributed by atoms with van der Waals surface area (Å²) in [4.78, 5) is 24.7. The van der Waals surface area contributed by atoms with Crippen molar-refractivity contribution < 1.29 is 28.5 Å². The number of carbonyl (C=O) groups excluding carboxylic acids is 2. The SMILES string of the molecule is COc1ccc(N=NC(C(C)=O)C(=O)Nc2cc(OC)c(OC)cc2Cl)c(OC)c1. The van der Waals surface area contributed by atoms with Gasteiger partial charge in [0.1, 0.15) is 17.2 Å². The largest absolute Gasteiger partial charge is 0.497 e. The van der Waals surface area contributed by atoms with Crippen LogP contribution in [0.25, 0.3) is 0 Å². The normalized spacial score (nSPS) is 11.7. The fourth-order valence-electron chi connectivity index (χ4n) is 2.46. The fourth-order valence-corrected chi connectivity index (χ4v) is 2.66. The molecule has 0 aliphatic heterocycles. The molecule has 0 spiro atoms. The van der Waals surface area contributed by atoms with Crippen LogP contribution in [0.4, 0.5) is 11.4 Å². The van der Waals surface area contributed by atoms with E-state index in [0.717, 1.165) is 0 Å². The summed E-state index contributed by atoms with van der Waals surface area (Å²) in [6.07, 6.45) is 0. The third kappa shape index (κ3) is 5.38. The molecule has 0 aliphatic rings. The molecule has 0 heterocycles. The van der Waals surface area contributed by atoms with E-state index < -0.39 is 17.7 Å². The van der Waals surface area contributed by atoms with Gasteiger partial charge in [0.05, 0.1) is 39.1 Å². The number of hydrogen-bond donors (Lipinski definition) is 1. The van der Waals surface area contributed by atoms with E-state index in [0.29, 0.717) is 28.7 Å². The molecule has 0 saturated carbocycles. The van der Waals surface area contributed by atoms with Crippen molar-refractivity contribution in [2.24, 2.45) is 10.2 Å². The average molecular weight is 436 g/mol. The Kier molecular flexibility index (Phi) is 7.99. The van der Waals surface area contributed by atoms with Crippen molar-refractivity contribution in [2.45, 2.75) is 13.0 Å². The molecule has 1 N–H and O–H groups in total. The van der Waals surface area contributed by atoms with Crippen LogP contribution in [-0.2, 0) is 9.59 Å². The number of amides is 1. The Labute approximate surface area is 178 Å². The number of ketones is 1. The molecule has 1 atom stereocenters. The maximum Gasteiger partial charge on any atom is 0.258 e. The zero-order valence-corrected chi connectivity index (χ0v) is 17.9. The highest BCUT2D eigenvalue weighted by Crippen LogP contribution is 2.36. The van der Waals surface area contributed by atoms with Gasteiger partial charge in [0.25, 0.3) is 5.91 Å². The van der Waals surface area contributed by atoms with Crippen LogP contribution >= 0.6 is 11.6 Å². The smallest absolute Gasteiger partial charge is 0.258 e. The maximum absolute atomic E-state index is 12.7. The third-order valence-electron chi connectivity index (χ3n) is 4.03. The molecule has 1 unspecified atom stereocenters. The molecular formula is C20H22ClN3O6. The maximum atomic E-state index is 12.7. The van der Waals surface area contributed by atoms with Crippen molar-refractivity contribution in [1.82, 2.24) is 0 Å². The molecule has 0 radical (unpaired) electrons. The van der Waals surface area contributed by atoms with Gasteiger partial charge >= 0.3 is 0 Å². The Balaban J connectivity index is 2.28. The standard InChI is InChI=1S/C20H22ClN3O6/c1-11(25)19(24-23-14-7-6-12(27-2)8-16(14)28-3)20(26)22-15-10-18(30-5)17(29-4)9-13(15)21/h6-10,19H,1-5H3,(H,22,26). The predicted molar refractivity (Wildman–Crippen MR) is 112 cm³/mol. The highest BCUT2D eigenvalue weighted by molar-refractivity contribution is 6.34. The van der Waals surface area contributed by atoms with Crippen LogP contribution in [0.2, 0.25) is 5.02 Å². The Hall–Kier alpha value is -3.33. The van der Waals surface area contributed by atoms with E-state index in [4.69, 9.17) is 30.5 Å². The summed E-state index contributed by atoms with van der Waals surface area (Å²) in [7, 11) is 5.89. The minimum atomic E-state index is -1.39. The number of anilines is 1. The zero-order chi connectivity index (χ0) is 22.3. The number of nitrogens with one attached hydrogen (secondary N) is 1. The van der Waals surface area contributed by atoms with E-state index in [1.807, 2.05) is 0 Å². The lowest BCUT2D eigenvalue weighted by Crippen LogP contribution is -2.31. The van der Waals surface area contributed by atoms with Crippen LogP contribution in [-0.4, -0.2) is 46.2 Å². The number of methoxy groups -OCH3 is 4. The molecule has 0 aliphatic carbocycles. The highest BCUT2D eigenvalue weighted by atomic mass is 35.5. The Morgan fingerprint density at radius 3 is 2.13 bits per heavy atom. The van der Waals surface area contributed by atoms with Crippen molar-refractivity contribution in [1.29, 1.82) is 0 Å². The number of hydrogen-bond acceptors (Lipinski definition) is 8. The van der Waals surface area contributed by atoms with Gasteiger partial charge in [0.2, 0.25) is 6.04 Å². The van der Waals surface area contributed by atoms with Crippen LogP contribution < -0.4 is 24.3 Å². The summed E-state index contributed by atoms with van der Waals surface area (Å²) in [6, 6.07) is 6.45. The number of carbonyl (C=O) groups is 2. The van der Waals surface area contributed by atoms with Crippen LogP contribution in [0.3, 0.4) is 0 Å². The first kappa shape index (κ1) is 23.0. The van der Waals surface area contributed by atoms with Gasteiger partial charge in [-0.3, -0.25) is 9.59 Å². The molecule has 2 aromatic rings. The van der Waals surface area contributed by atoms with E-state index in [9.17, 15) is 9.59 Å². The highest BCUT2D eigenvalue weighted by Gasteiger charge is 2.25. The van der Waals surface area contributed by atoms with E-state index in [1.54, 1.807) is 18.2 Å². The first-order chi connectivity index (χ1) is 14.3. The van der Waals surface area contributed by atoms with Gasteiger partial charge in [-0.25, -0.2) is 0 Å². The number of benzene rings is 2. The van der Waals surface area contributed by atoms with E-state index in [1.165, 1.54) is 47.5 Å². The summed E-state index contributed by atoms with van der Waals surface area (Å²) in [5.41, 5.74) is 0.573. The van der Waals surface area contributed by atoms with E-state index in [2.05, 4.69) is 15.5 Å². The van der Waals surface area contributed by atoms with E-state index in [-0.39, 0.29) is 10.7 Å². The number of rotatable bonds is 9. The molecule has 9 nitrogen and oxygen atoms in total. The molecule has 1 amide bonds. The number of nitrogens with zero attached hydrogens (tertiary/aromatic N) is 2. The number of azo groups is 1. The van der Waals surface area contributed by atoms with Gasteiger partial charge in [-0.2, -0.15) is 10.2 Å². The van der Waals surface area contributed by atoms with Gasteiger partial charge in [-0.1, -0.05) is 11.6 Å². The van der Waals surface area contributed by atoms with Crippen LogP contribution in [0, 0.1) is 0 Å². The van der Waals surface area contributed by atoms with Crippen LogP contribution in [0.5, 0.6) is 23.0 Å². The summed E-state index contributed by atoms with van der Waals surface area (Å²) >= 11 is 6.19. The lowest BCUT2D eigenvalue weighted by molar-refractivity contribution is -0.126. The first-order valence-electron chi connectivity index (χ1n) is 8.70. The second kappa shape index (κ2) is 10.4. The van der Waals surface area contributed by atoms with Crippen molar-refractivity contribution in [2.75, 3.05) is 33.8 Å². The Morgan fingerprint density at radius 2 is 1.57 bits per heavy atom. The quantitative estimate of drug-likeness (QED) is 0.470. The van der Waals surface area contributed by atoms with E-state index >= 15 is 0 Å². The van der Waals surface area contributed by atoms with Crippen LogP contribution in [0.15, 0.2) is 40.6 Å². The van der Waals surface area contributed by atoms with Gasteiger partial charge in [0, 0.05) is 18.2 Å². The number of Topliss-reactive ketones (excluding diaryl/α,β-unsaturated/α-hetero) is 1. The zero-order valence-electron chi connectivity index (χ0n) is 17.2. The van der Waals surface area contributed by atoms with Crippen molar-refractivity contribution in [3.63, 3.8) is 0 Å². The molecule has 160 valence electrons. The van der Waals surface area contributed by atoms with Gasteiger partial charge in [-0.15, -0.1) is 0 Å². The predicted octanol–water partition coefficient (Wildman–Crippen LogP) is 4.05. The Morgan fingerprint density at radius 1 is 0.933 bits per heavy atom. The first-order valence-corrected chi connectivity index (χ1v) is 9.08. The fraction of sp³-hybridized carbons (Fsp3) is 0.300. The van der Waals surface area contributed by atoms with Crippen molar-refractivity contribution in [3.05, 3.63) is 35.4 Å². The van der Waals surface area contributed by atoms with Crippen molar-refractivity contribution in [3.8, 4) is 23.0 Å². The summed E-state index contributed by atoms with van der Waals surface area (Å²) in [6.45, 7) is 1.24. The molecule has 10 heteroatoms. The monoisotopic (exact) mass is 435 g/mol. The lowest BCUT2D eigenvalue weighted by atomic mass is 10.2. The van der Waals surface area contributed by atoms with Crippen molar-refractivity contribution >= 4 is 34.7 Å². The Bertz CT molecular complexity index is 964. The molecule has 2 aromatic carbocycles. The summed E-state index contributed by atoms with van der Waals surface area (Å²) in [5, 5.41) is 10.7. The number of halogens is 1. The molecule has 0 fully saturated rings. The average Bonchev–Trinajstić information content (AvgIpc) is 2.74. The summed E-state index contributed by atoms with van der Waals surface area (Å²) in [5.74, 6) is 0.503. The summed E-state index contributed by atoms with van der Waals surface area (Å²) < 4.78 is 20.7. The molecule has 0 aromatic heterocycles.